The number of aliphatic hydroxyl groups excluding tert-OH is 1. The van der Waals surface area contributed by atoms with E-state index in [-0.39, 0.29) is 11.8 Å². The second kappa shape index (κ2) is 9.45. The van der Waals surface area contributed by atoms with Crippen molar-refractivity contribution in [2.45, 2.75) is 6.04 Å². The molecule has 0 radical (unpaired) electrons. The molecule has 0 aromatic heterocycles. The zero-order chi connectivity index (χ0) is 19.1. The minimum absolute atomic E-state index is 0.386. The summed E-state index contributed by atoms with van der Waals surface area (Å²) in [4.78, 5) is 26.9. The number of carbonyl (C=O) groups is 2. The Hall–Kier alpha value is -2.48. The van der Waals surface area contributed by atoms with Crippen LogP contribution in [0.5, 0.6) is 0 Å². The van der Waals surface area contributed by atoms with Crippen molar-refractivity contribution < 1.29 is 19.4 Å². The molecular weight excluding hydrogens is 346 g/mol. The lowest BCUT2D eigenvalue weighted by atomic mass is 10.1. The van der Waals surface area contributed by atoms with Gasteiger partial charge in [-0.05, 0) is 22.9 Å². The molecule has 1 aliphatic heterocycles. The van der Waals surface area contributed by atoms with Crippen LogP contribution in [-0.4, -0.2) is 73.9 Å². The molecule has 0 spiro atoms. The van der Waals surface area contributed by atoms with E-state index in [1.54, 1.807) is 12.1 Å². The summed E-state index contributed by atoms with van der Waals surface area (Å²) in [6.07, 6.45) is 0. The van der Waals surface area contributed by atoms with Crippen molar-refractivity contribution >= 4 is 22.6 Å². The van der Waals surface area contributed by atoms with Crippen molar-refractivity contribution in [2.24, 2.45) is 0 Å². The van der Waals surface area contributed by atoms with E-state index < -0.39 is 12.6 Å². The largest absolute Gasteiger partial charge is 0.394 e. The third-order valence-electron chi connectivity index (χ3n) is 4.65. The average molecular weight is 371 g/mol. The van der Waals surface area contributed by atoms with Crippen LogP contribution in [0.3, 0.4) is 0 Å². The molecule has 2 aromatic rings. The number of benzene rings is 2. The molecule has 0 bridgehead atoms. The summed E-state index contributed by atoms with van der Waals surface area (Å²) in [6.45, 7) is 3.82. The van der Waals surface area contributed by atoms with Gasteiger partial charge in [0, 0.05) is 31.7 Å². The number of hydrogen-bond acceptors (Lipinski definition) is 5. The summed E-state index contributed by atoms with van der Waals surface area (Å²) >= 11 is 0. The molecular formula is C20H25N3O4. The fraction of sp³-hybridized carbons (Fsp3) is 0.400. The first kappa shape index (κ1) is 19.3. The summed E-state index contributed by atoms with van der Waals surface area (Å²) in [5.74, 6) is -0.775. The minimum atomic E-state index is -0.978. The highest BCUT2D eigenvalue weighted by Crippen LogP contribution is 2.15. The molecule has 3 N–H and O–H groups in total. The van der Waals surface area contributed by atoms with Crippen LogP contribution in [0.4, 0.5) is 0 Å². The number of amides is 2. The number of nitrogens with one attached hydrogen (secondary N) is 2. The molecule has 7 heteroatoms. The summed E-state index contributed by atoms with van der Waals surface area (Å²) in [6, 6.07) is 12.1. The number of ether oxygens (including phenoxy) is 1. The van der Waals surface area contributed by atoms with E-state index in [4.69, 9.17) is 4.74 Å². The Labute approximate surface area is 158 Å². The normalized spacial score (nSPS) is 16.0. The first-order valence-corrected chi connectivity index (χ1v) is 9.16. The Kier molecular flexibility index (Phi) is 6.75. The van der Waals surface area contributed by atoms with Gasteiger partial charge in [-0.3, -0.25) is 14.5 Å². The van der Waals surface area contributed by atoms with E-state index in [1.165, 1.54) is 0 Å². The summed E-state index contributed by atoms with van der Waals surface area (Å²) in [5, 5.41) is 16.9. The number of morpholine rings is 1. The van der Waals surface area contributed by atoms with Crippen molar-refractivity contribution in [1.82, 2.24) is 15.5 Å². The molecule has 2 aromatic carbocycles. The van der Waals surface area contributed by atoms with Gasteiger partial charge in [-0.25, -0.2) is 0 Å². The monoisotopic (exact) mass is 371 g/mol. The van der Waals surface area contributed by atoms with Crippen LogP contribution in [0.2, 0.25) is 0 Å². The quantitative estimate of drug-likeness (QED) is 0.655. The van der Waals surface area contributed by atoms with E-state index in [9.17, 15) is 14.7 Å². The van der Waals surface area contributed by atoms with Crippen LogP contribution >= 0.6 is 0 Å². The van der Waals surface area contributed by atoms with E-state index in [2.05, 4.69) is 15.5 Å². The van der Waals surface area contributed by atoms with E-state index in [1.807, 2.05) is 30.3 Å². The second-order valence-corrected chi connectivity index (χ2v) is 6.52. The SMILES string of the molecule is O=C(NC(CO)C(=O)NCCN1CCOCC1)c1ccc2ccccc2c1. The highest BCUT2D eigenvalue weighted by atomic mass is 16.5. The van der Waals surface area contributed by atoms with Crippen LogP contribution in [0.25, 0.3) is 10.8 Å². The molecule has 2 amide bonds. The maximum Gasteiger partial charge on any atom is 0.252 e. The fourth-order valence-electron chi connectivity index (χ4n) is 3.05. The van der Waals surface area contributed by atoms with Crippen LogP contribution in [0.15, 0.2) is 42.5 Å². The first-order valence-electron chi connectivity index (χ1n) is 9.16. The number of carbonyl (C=O) groups excluding carboxylic acids is 2. The molecule has 1 atom stereocenters. The average Bonchev–Trinajstić information content (AvgIpc) is 2.72. The standard InChI is InChI=1S/C20H25N3O4/c24-14-18(20(26)21-7-8-23-9-11-27-12-10-23)22-19(25)17-6-5-15-3-1-2-4-16(15)13-17/h1-6,13,18,24H,7-12,14H2,(H,21,26)(H,22,25). The number of hydrogen-bond donors (Lipinski definition) is 3. The van der Waals surface area contributed by atoms with Gasteiger partial charge in [0.05, 0.1) is 19.8 Å². The number of fused-ring (bicyclic) bond motifs is 1. The molecule has 1 aliphatic rings. The molecule has 3 rings (SSSR count). The van der Waals surface area contributed by atoms with Gasteiger partial charge < -0.3 is 20.5 Å². The van der Waals surface area contributed by atoms with Crippen molar-refractivity contribution in [3.8, 4) is 0 Å². The third kappa shape index (κ3) is 5.26. The Morgan fingerprint density at radius 3 is 2.59 bits per heavy atom. The summed E-state index contributed by atoms with van der Waals surface area (Å²) in [7, 11) is 0. The van der Waals surface area contributed by atoms with Crippen molar-refractivity contribution in [2.75, 3.05) is 46.0 Å². The van der Waals surface area contributed by atoms with Crippen molar-refractivity contribution in [1.29, 1.82) is 0 Å². The Morgan fingerprint density at radius 2 is 1.85 bits per heavy atom. The van der Waals surface area contributed by atoms with Gasteiger partial charge in [-0.15, -0.1) is 0 Å². The number of nitrogens with zero attached hydrogens (tertiary/aromatic N) is 1. The number of rotatable bonds is 7. The minimum Gasteiger partial charge on any atom is -0.394 e. The topological polar surface area (TPSA) is 90.9 Å². The van der Waals surface area contributed by atoms with Crippen molar-refractivity contribution in [3.05, 3.63) is 48.0 Å². The van der Waals surface area contributed by atoms with Crippen LogP contribution in [0.1, 0.15) is 10.4 Å². The Balaban J connectivity index is 1.52. The first-order chi connectivity index (χ1) is 13.2. The van der Waals surface area contributed by atoms with Gasteiger partial charge in [0.1, 0.15) is 6.04 Å². The van der Waals surface area contributed by atoms with Gasteiger partial charge in [0.2, 0.25) is 5.91 Å². The highest BCUT2D eigenvalue weighted by molar-refractivity contribution is 6.00. The lowest BCUT2D eigenvalue weighted by molar-refractivity contribution is -0.123. The molecule has 0 aliphatic carbocycles. The second-order valence-electron chi connectivity index (χ2n) is 6.52. The number of aliphatic hydroxyl groups is 1. The molecule has 27 heavy (non-hydrogen) atoms. The van der Waals surface area contributed by atoms with Gasteiger partial charge in [0.25, 0.3) is 5.91 Å². The zero-order valence-corrected chi connectivity index (χ0v) is 15.2. The summed E-state index contributed by atoms with van der Waals surface area (Å²) in [5.41, 5.74) is 0.452. The summed E-state index contributed by atoms with van der Waals surface area (Å²) < 4.78 is 5.29. The van der Waals surface area contributed by atoms with E-state index in [0.29, 0.717) is 31.9 Å². The van der Waals surface area contributed by atoms with Crippen LogP contribution in [0, 0.1) is 0 Å². The highest BCUT2D eigenvalue weighted by Gasteiger charge is 2.21. The molecule has 144 valence electrons. The molecule has 1 saturated heterocycles. The molecule has 0 saturated carbocycles. The van der Waals surface area contributed by atoms with Crippen molar-refractivity contribution in [3.63, 3.8) is 0 Å². The Morgan fingerprint density at radius 1 is 1.11 bits per heavy atom. The van der Waals surface area contributed by atoms with Crippen LogP contribution < -0.4 is 10.6 Å². The third-order valence-corrected chi connectivity index (χ3v) is 4.65. The fourth-order valence-corrected chi connectivity index (χ4v) is 3.05. The van der Waals surface area contributed by atoms with Gasteiger partial charge >= 0.3 is 0 Å². The lowest BCUT2D eigenvalue weighted by Gasteiger charge is -2.26. The zero-order valence-electron chi connectivity index (χ0n) is 15.2. The molecule has 7 nitrogen and oxygen atoms in total. The van der Waals surface area contributed by atoms with Gasteiger partial charge in [-0.1, -0.05) is 30.3 Å². The van der Waals surface area contributed by atoms with Gasteiger partial charge in [-0.2, -0.15) is 0 Å². The predicted molar refractivity (Wildman–Crippen MR) is 103 cm³/mol. The predicted octanol–water partition coefficient (Wildman–Crippen LogP) is 0.379. The van der Waals surface area contributed by atoms with E-state index in [0.717, 1.165) is 23.9 Å². The smallest absolute Gasteiger partial charge is 0.252 e. The lowest BCUT2D eigenvalue weighted by Crippen LogP contribution is -2.50. The van der Waals surface area contributed by atoms with Gasteiger partial charge in [0.15, 0.2) is 0 Å². The molecule has 1 heterocycles. The molecule has 1 unspecified atom stereocenters. The van der Waals surface area contributed by atoms with Crippen LogP contribution in [-0.2, 0) is 9.53 Å². The molecule has 1 fully saturated rings. The maximum atomic E-state index is 12.5. The van der Waals surface area contributed by atoms with E-state index >= 15 is 0 Å². The Bertz CT molecular complexity index is 790. The maximum absolute atomic E-state index is 12.5.